The van der Waals surface area contributed by atoms with Gasteiger partial charge in [-0.1, -0.05) is 18.2 Å². The van der Waals surface area contributed by atoms with Crippen molar-refractivity contribution in [2.75, 3.05) is 5.32 Å². The highest BCUT2D eigenvalue weighted by Gasteiger charge is 2.47. The zero-order chi connectivity index (χ0) is 11.4. The Labute approximate surface area is 95.3 Å². The van der Waals surface area contributed by atoms with Crippen LogP contribution in [0.15, 0.2) is 30.3 Å². The van der Waals surface area contributed by atoms with E-state index in [-0.39, 0.29) is 5.91 Å². The molecule has 0 aromatic heterocycles. The van der Waals surface area contributed by atoms with Crippen molar-refractivity contribution in [1.29, 1.82) is 0 Å². The van der Waals surface area contributed by atoms with Gasteiger partial charge in [-0.15, -0.1) is 0 Å². The number of para-hydroxylation sites is 1. The Kier molecular flexibility index (Phi) is 2.91. The predicted molar refractivity (Wildman–Crippen MR) is 62.9 cm³/mol. The molecule has 1 amide bonds. The van der Waals surface area contributed by atoms with Crippen LogP contribution in [0.3, 0.4) is 0 Å². The normalized spacial score (nSPS) is 17.7. The zero-order valence-corrected chi connectivity index (χ0v) is 9.07. The van der Waals surface area contributed by atoms with Crippen LogP contribution in [0.25, 0.3) is 4.85 Å². The topological polar surface area (TPSA) is 33.5 Å². The smallest absolute Gasteiger partial charge is 0.310 e. The van der Waals surface area contributed by atoms with Gasteiger partial charge < -0.3 is 5.32 Å². The first-order chi connectivity index (χ1) is 7.77. The monoisotopic (exact) mass is 214 g/mol. The van der Waals surface area contributed by atoms with Crippen molar-refractivity contribution >= 4 is 11.6 Å². The molecule has 0 radical (unpaired) electrons. The number of nitrogens with one attached hydrogen (secondary N) is 1. The third-order valence-electron chi connectivity index (χ3n) is 3.10. The van der Waals surface area contributed by atoms with E-state index >= 15 is 0 Å². The molecule has 1 saturated carbocycles. The fourth-order valence-corrected chi connectivity index (χ4v) is 2.12. The fourth-order valence-electron chi connectivity index (χ4n) is 2.12. The number of hydrogen-bond donors (Lipinski definition) is 1. The lowest BCUT2D eigenvalue weighted by Crippen LogP contribution is -2.37. The van der Waals surface area contributed by atoms with Crippen LogP contribution in [0.4, 0.5) is 5.69 Å². The van der Waals surface area contributed by atoms with Crippen LogP contribution >= 0.6 is 0 Å². The minimum atomic E-state index is -0.810. The maximum absolute atomic E-state index is 12.0. The van der Waals surface area contributed by atoms with Gasteiger partial charge in [0.05, 0.1) is 0 Å². The molecule has 0 aliphatic heterocycles. The summed E-state index contributed by atoms with van der Waals surface area (Å²) in [6.45, 7) is 7.21. The molecule has 16 heavy (non-hydrogen) atoms. The largest absolute Gasteiger partial charge is 0.319 e. The van der Waals surface area contributed by atoms with Gasteiger partial charge in [-0.05, 0) is 25.0 Å². The zero-order valence-electron chi connectivity index (χ0n) is 9.07. The second-order valence-electron chi connectivity index (χ2n) is 4.17. The molecule has 3 heteroatoms. The van der Waals surface area contributed by atoms with E-state index in [2.05, 4.69) is 10.2 Å². The molecule has 0 atom stereocenters. The van der Waals surface area contributed by atoms with E-state index in [1.165, 1.54) is 0 Å². The first kappa shape index (κ1) is 10.7. The molecule has 0 heterocycles. The molecule has 0 bridgehead atoms. The summed E-state index contributed by atoms with van der Waals surface area (Å²) >= 11 is 0. The number of carbonyl (C=O) groups is 1. The quantitative estimate of drug-likeness (QED) is 0.754. The molecular weight excluding hydrogens is 200 g/mol. The van der Waals surface area contributed by atoms with Crippen molar-refractivity contribution in [3.63, 3.8) is 0 Å². The van der Waals surface area contributed by atoms with Gasteiger partial charge in [0.2, 0.25) is 0 Å². The number of benzene rings is 1. The highest BCUT2D eigenvalue weighted by molar-refractivity contribution is 5.99. The van der Waals surface area contributed by atoms with Gasteiger partial charge in [0.25, 0.3) is 0 Å². The standard InChI is InChI=1S/C13H14N2O/c1-14-13(9-5-6-10-13)12(16)15-11-7-3-2-4-8-11/h2-4,7-8H,5-6,9-10H2,(H,15,16). The van der Waals surface area contributed by atoms with Gasteiger partial charge in [-0.2, -0.15) is 0 Å². The Hall–Kier alpha value is -1.82. The predicted octanol–water partition coefficient (Wildman–Crippen LogP) is 2.86. The second kappa shape index (κ2) is 4.36. The number of amides is 1. The highest BCUT2D eigenvalue weighted by atomic mass is 16.2. The molecule has 82 valence electrons. The molecular formula is C13H14N2O. The van der Waals surface area contributed by atoms with E-state index in [0.29, 0.717) is 12.8 Å². The average Bonchev–Trinajstić information content (AvgIpc) is 2.80. The second-order valence-corrected chi connectivity index (χ2v) is 4.17. The summed E-state index contributed by atoms with van der Waals surface area (Å²) < 4.78 is 0. The van der Waals surface area contributed by atoms with Crippen molar-refractivity contribution in [1.82, 2.24) is 0 Å². The number of carbonyl (C=O) groups excluding carboxylic acids is 1. The van der Waals surface area contributed by atoms with Crippen LogP contribution in [0.2, 0.25) is 0 Å². The number of nitrogens with zero attached hydrogens (tertiary/aromatic N) is 1. The molecule has 2 rings (SSSR count). The molecule has 0 saturated heterocycles. The Morgan fingerprint density at radius 2 is 1.88 bits per heavy atom. The summed E-state index contributed by atoms with van der Waals surface area (Å²) in [6, 6.07) is 9.31. The lowest BCUT2D eigenvalue weighted by atomic mass is 9.97. The SMILES string of the molecule is [C-]#[N+]C1(C(=O)Nc2ccccc2)CCCC1. The molecule has 1 fully saturated rings. The van der Waals surface area contributed by atoms with E-state index in [0.717, 1.165) is 18.5 Å². The third kappa shape index (κ3) is 1.92. The highest BCUT2D eigenvalue weighted by Crippen LogP contribution is 2.34. The Balaban J connectivity index is 2.11. The molecule has 0 spiro atoms. The van der Waals surface area contributed by atoms with Crippen LogP contribution in [0, 0.1) is 6.57 Å². The van der Waals surface area contributed by atoms with Crippen LogP contribution in [0.1, 0.15) is 25.7 Å². The maximum atomic E-state index is 12.0. The van der Waals surface area contributed by atoms with Crippen LogP contribution in [-0.2, 0) is 4.79 Å². The van der Waals surface area contributed by atoms with E-state index < -0.39 is 5.54 Å². The minimum Gasteiger partial charge on any atom is -0.319 e. The van der Waals surface area contributed by atoms with Crippen LogP contribution in [0.5, 0.6) is 0 Å². The lowest BCUT2D eigenvalue weighted by Gasteiger charge is -2.14. The van der Waals surface area contributed by atoms with Crippen LogP contribution in [-0.4, -0.2) is 11.4 Å². The molecule has 1 aliphatic carbocycles. The summed E-state index contributed by atoms with van der Waals surface area (Å²) in [5, 5.41) is 2.82. The van der Waals surface area contributed by atoms with E-state index in [9.17, 15) is 4.79 Å². The number of hydrogen-bond acceptors (Lipinski definition) is 1. The van der Waals surface area contributed by atoms with Crippen LogP contribution < -0.4 is 5.32 Å². The van der Waals surface area contributed by atoms with Crippen molar-refractivity contribution < 1.29 is 4.79 Å². The van der Waals surface area contributed by atoms with Crippen molar-refractivity contribution in [3.8, 4) is 0 Å². The van der Waals surface area contributed by atoms with Gasteiger partial charge in [-0.3, -0.25) is 9.64 Å². The molecule has 1 aliphatic rings. The molecule has 1 aromatic rings. The third-order valence-corrected chi connectivity index (χ3v) is 3.10. The first-order valence-corrected chi connectivity index (χ1v) is 5.52. The van der Waals surface area contributed by atoms with Gasteiger partial charge in [0.1, 0.15) is 0 Å². The summed E-state index contributed by atoms with van der Waals surface area (Å²) in [4.78, 5) is 15.6. The molecule has 0 unspecified atom stereocenters. The van der Waals surface area contributed by atoms with Crippen molar-refractivity contribution in [3.05, 3.63) is 41.7 Å². The summed E-state index contributed by atoms with van der Waals surface area (Å²) in [5.74, 6) is -0.147. The Morgan fingerprint density at radius 3 is 2.44 bits per heavy atom. The van der Waals surface area contributed by atoms with E-state index in [4.69, 9.17) is 6.57 Å². The molecule has 1 N–H and O–H groups in total. The maximum Gasteiger partial charge on any atom is 0.310 e. The summed E-state index contributed by atoms with van der Waals surface area (Å²) in [5.41, 5.74) is -0.0435. The van der Waals surface area contributed by atoms with Gasteiger partial charge >= 0.3 is 11.4 Å². The summed E-state index contributed by atoms with van der Waals surface area (Å²) in [7, 11) is 0. The average molecular weight is 214 g/mol. The summed E-state index contributed by atoms with van der Waals surface area (Å²) in [6.07, 6.45) is 3.33. The minimum absolute atomic E-state index is 0.147. The lowest BCUT2D eigenvalue weighted by molar-refractivity contribution is -0.119. The first-order valence-electron chi connectivity index (χ1n) is 5.52. The number of rotatable bonds is 2. The van der Waals surface area contributed by atoms with E-state index in [1.54, 1.807) is 0 Å². The number of anilines is 1. The Bertz CT molecular complexity index is 413. The van der Waals surface area contributed by atoms with Gasteiger partial charge in [0.15, 0.2) is 0 Å². The van der Waals surface area contributed by atoms with E-state index in [1.807, 2.05) is 30.3 Å². The molecule has 3 nitrogen and oxygen atoms in total. The fraction of sp³-hybridized carbons (Fsp3) is 0.385. The van der Waals surface area contributed by atoms with Gasteiger partial charge in [-0.25, -0.2) is 6.57 Å². The molecule has 1 aromatic carbocycles. The van der Waals surface area contributed by atoms with Crippen molar-refractivity contribution in [2.45, 2.75) is 31.2 Å². The Morgan fingerprint density at radius 1 is 1.25 bits per heavy atom. The van der Waals surface area contributed by atoms with Gasteiger partial charge in [0, 0.05) is 18.5 Å². The van der Waals surface area contributed by atoms with Crippen molar-refractivity contribution in [2.24, 2.45) is 0 Å².